The van der Waals surface area contributed by atoms with Crippen molar-refractivity contribution in [1.29, 1.82) is 0 Å². The van der Waals surface area contributed by atoms with Crippen LogP contribution in [0.15, 0.2) is 23.1 Å². The van der Waals surface area contributed by atoms with Gasteiger partial charge in [-0.15, -0.1) is 0 Å². The Kier molecular flexibility index (Phi) is 4.24. The van der Waals surface area contributed by atoms with Gasteiger partial charge in [-0.1, -0.05) is 0 Å². The standard InChI is InChI=1S/C14H19NO4S/c15-11-4-7-17-9-14(11)20(16)10-2-3-12-13(8-10)19-6-1-5-18-12/h2-3,8,11,14H,1,4-7,9,15H2. The summed E-state index contributed by atoms with van der Waals surface area (Å²) in [5.74, 6) is 1.38. The zero-order chi connectivity index (χ0) is 13.9. The molecule has 0 amide bonds. The molecule has 1 saturated heterocycles. The van der Waals surface area contributed by atoms with Crippen molar-refractivity contribution in [3.8, 4) is 11.5 Å². The van der Waals surface area contributed by atoms with Crippen molar-refractivity contribution in [3.05, 3.63) is 18.2 Å². The lowest BCUT2D eigenvalue weighted by molar-refractivity contribution is 0.0904. The van der Waals surface area contributed by atoms with E-state index in [1.165, 1.54) is 0 Å². The Labute approximate surface area is 120 Å². The summed E-state index contributed by atoms with van der Waals surface area (Å²) in [6.07, 6.45) is 1.61. The zero-order valence-electron chi connectivity index (χ0n) is 11.2. The highest BCUT2D eigenvalue weighted by Crippen LogP contribution is 2.32. The molecule has 2 aliphatic heterocycles. The summed E-state index contributed by atoms with van der Waals surface area (Å²) in [4.78, 5) is 0.722. The van der Waals surface area contributed by atoms with Crippen molar-refractivity contribution in [1.82, 2.24) is 0 Å². The molecule has 6 heteroatoms. The van der Waals surface area contributed by atoms with E-state index in [1.807, 2.05) is 12.1 Å². The summed E-state index contributed by atoms with van der Waals surface area (Å²) in [7, 11) is -1.19. The second kappa shape index (κ2) is 6.11. The van der Waals surface area contributed by atoms with E-state index in [-0.39, 0.29) is 11.3 Å². The van der Waals surface area contributed by atoms with Crippen LogP contribution >= 0.6 is 0 Å². The van der Waals surface area contributed by atoms with Crippen LogP contribution in [0.4, 0.5) is 0 Å². The van der Waals surface area contributed by atoms with E-state index in [4.69, 9.17) is 19.9 Å². The molecule has 3 unspecified atom stereocenters. The fourth-order valence-corrected chi connectivity index (χ4v) is 3.84. The van der Waals surface area contributed by atoms with Gasteiger partial charge >= 0.3 is 0 Å². The molecule has 2 N–H and O–H groups in total. The molecule has 1 aromatic carbocycles. The number of benzene rings is 1. The van der Waals surface area contributed by atoms with Gasteiger partial charge in [-0.05, 0) is 18.6 Å². The first-order chi connectivity index (χ1) is 9.75. The molecular formula is C14H19NO4S. The van der Waals surface area contributed by atoms with Crippen LogP contribution < -0.4 is 15.2 Å². The van der Waals surface area contributed by atoms with Gasteiger partial charge in [0.15, 0.2) is 11.5 Å². The summed E-state index contributed by atoms with van der Waals surface area (Å²) >= 11 is 0. The molecule has 2 aliphatic rings. The minimum Gasteiger partial charge on any atom is -0.490 e. The van der Waals surface area contributed by atoms with E-state index in [9.17, 15) is 4.21 Å². The van der Waals surface area contributed by atoms with E-state index in [2.05, 4.69) is 0 Å². The third-order valence-corrected chi connectivity index (χ3v) is 5.34. The fourth-order valence-electron chi connectivity index (χ4n) is 2.39. The number of hydrogen-bond donors (Lipinski definition) is 1. The van der Waals surface area contributed by atoms with Crippen LogP contribution in [-0.2, 0) is 15.5 Å². The van der Waals surface area contributed by atoms with Gasteiger partial charge in [0.25, 0.3) is 0 Å². The minimum atomic E-state index is -1.19. The molecule has 1 aromatic rings. The van der Waals surface area contributed by atoms with Crippen molar-refractivity contribution < 1.29 is 18.4 Å². The third kappa shape index (κ3) is 2.82. The molecule has 0 spiro atoms. The largest absolute Gasteiger partial charge is 0.490 e. The lowest BCUT2D eigenvalue weighted by atomic mass is 10.1. The molecule has 3 rings (SSSR count). The predicted octanol–water partition coefficient (Wildman–Crippen LogP) is 1.07. The average Bonchev–Trinajstić information content (AvgIpc) is 2.71. The van der Waals surface area contributed by atoms with Crippen molar-refractivity contribution in [2.75, 3.05) is 26.4 Å². The molecule has 0 saturated carbocycles. The van der Waals surface area contributed by atoms with Crippen LogP contribution in [0.2, 0.25) is 0 Å². The first-order valence-corrected chi connectivity index (χ1v) is 8.10. The van der Waals surface area contributed by atoms with Gasteiger partial charge in [0, 0.05) is 30.0 Å². The molecule has 5 nitrogen and oxygen atoms in total. The van der Waals surface area contributed by atoms with Crippen molar-refractivity contribution in [2.45, 2.75) is 29.0 Å². The first-order valence-electron chi connectivity index (χ1n) is 6.89. The second-order valence-electron chi connectivity index (χ2n) is 5.02. The predicted molar refractivity (Wildman–Crippen MR) is 75.7 cm³/mol. The summed E-state index contributed by atoms with van der Waals surface area (Å²) in [5, 5.41) is -0.159. The van der Waals surface area contributed by atoms with Crippen LogP contribution in [0.1, 0.15) is 12.8 Å². The van der Waals surface area contributed by atoms with Crippen LogP contribution in [0.25, 0.3) is 0 Å². The number of rotatable bonds is 2. The van der Waals surface area contributed by atoms with E-state index in [0.29, 0.717) is 37.9 Å². The van der Waals surface area contributed by atoms with Crippen LogP contribution in [-0.4, -0.2) is 41.9 Å². The number of fused-ring (bicyclic) bond motifs is 1. The molecule has 2 heterocycles. The Hall–Kier alpha value is -1.11. The Morgan fingerprint density at radius 3 is 2.75 bits per heavy atom. The van der Waals surface area contributed by atoms with E-state index in [0.717, 1.165) is 17.7 Å². The summed E-state index contributed by atoms with van der Waals surface area (Å²) in [6, 6.07) is 5.37. The van der Waals surface area contributed by atoms with Gasteiger partial charge in [0.1, 0.15) is 0 Å². The summed E-state index contributed by atoms with van der Waals surface area (Å²) in [5.41, 5.74) is 6.05. The Bertz CT molecular complexity index is 508. The van der Waals surface area contributed by atoms with E-state index < -0.39 is 10.8 Å². The topological polar surface area (TPSA) is 70.8 Å². The van der Waals surface area contributed by atoms with Crippen LogP contribution in [0.5, 0.6) is 11.5 Å². The molecular weight excluding hydrogens is 278 g/mol. The van der Waals surface area contributed by atoms with Gasteiger partial charge in [0.05, 0.1) is 35.9 Å². The molecule has 1 fully saturated rings. The van der Waals surface area contributed by atoms with Crippen LogP contribution in [0.3, 0.4) is 0 Å². The van der Waals surface area contributed by atoms with E-state index in [1.54, 1.807) is 6.07 Å². The normalized spacial score (nSPS) is 27.6. The van der Waals surface area contributed by atoms with E-state index >= 15 is 0 Å². The molecule has 0 aromatic heterocycles. The SMILES string of the molecule is NC1CCOCC1S(=O)c1ccc2c(c1)OCCCO2. The lowest BCUT2D eigenvalue weighted by Crippen LogP contribution is -2.45. The highest BCUT2D eigenvalue weighted by atomic mass is 32.2. The van der Waals surface area contributed by atoms with Crippen molar-refractivity contribution in [2.24, 2.45) is 5.73 Å². The molecule has 3 atom stereocenters. The summed E-state index contributed by atoms with van der Waals surface area (Å²) in [6.45, 7) is 2.37. The minimum absolute atomic E-state index is 0.0828. The van der Waals surface area contributed by atoms with Gasteiger partial charge < -0.3 is 19.9 Å². The Morgan fingerprint density at radius 1 is 1.15 bits per heavy atom. The quantitative estimate of drug-likeness (QED) is 0.884. The van der Waals surface area contributed by atoms with Gasteiger partial charge in [0.2, 0.25) is 0 Å². The molecule has 110 valence electrons. The molecule has 0 bridgehead atoms. The zero-order valence-corrected chi connectivity index (χ0v) is 12.1. The van der Waals surface area contributed by atoms with Crippen LogP contribution in [0, 0.1) is 0 Å². The highest BCUT2D eigenvalue weighted by Gasteiger charge is 2.29. The summed E-state index contributed by atoms with van der Waals surface area (Å²) < 4.78 is 29.2. The monoisotopic (exact) mass is 297 g/mol. The lowest BCUT2D eigenvalue weighted by Gasteiger charge is -2.28. The van der Waals surface area contributed by atoms with Crippen molar-refractivity contribution in [3.63, 3.8) is 0 Å². The molecule has 0 aliphatic carbocycles. The maximum atomic E-state index is 12.6. The Morgan fingerprint density at radius 2 is 1.95 bits per heavy atom. The molecule has 0 radical (unpaired) electrons. The fraction of sp³-hybridized carbons (Fsp3) is 0.571. The van der Waals surface area contributed by atoms with Gasteiger partial charge in [-0.3, -0.25) is 4.21 Å². The second-order valence-corrected chi connectivity index (χ2v) is 6.69. The van der Waals surface area contributed by atoms with Gasteiger partial charge in [-0.25, -0.2) is 0 Å². The maximum absolute atomic E-state index is 12.6. The number of ether oxygens (including phenoxy) is 3. The third-order valence-electron chi connectivity index (χ3n) is 3.58. The molecule has 20 heavy (non-hydrogen) atoms. The average molecular weight is 297 g/mol. The van der Waals surface area contributed by atoms with Gasteiger partial charge in [-0.2, -0.15) is 0 Å². The van der Waals surface area contributed by atoms with Crippen molar-refractivity contribution >= 4 is 10.8 Å². The first kappa shape index (κ1) is 13.9. The number of nitrogens with two attached hydrogens (primary N) is 1. The highest BCUT2D eigenvalue weighted by molar-refractivity contribution is 7.85. The maximum Gasteiger partial charge on any atom is 0.162 e. The Balaban J connectivity index is 1.82. The number of hydrogen-bond acceptors (Lipinski definition) is 5. The smallest absolute Gasteiger partial charge is 0.162 e.